The Balaban J connectivity index is 2.70. The van der Waals surface area contributed by atoms with Gasteiger partial charge in [0.1, 0.15) is 0 Å². The van der Waals surface area contributed by atoms with Crippen molar-refractivity contribution in [2.24, 2.45) is 0 Å². The maximum absolute atomic E-state index is 8.92. The number of aliphatic hydroxyl groups is 2. The van der Waals surface area contributed by atoms with Gasteiger partial charge >= 0.3 is 0 Å². The van der Waals surface area contributed by atoms with Crippen molar-refractivity contribution in [3.05, 3.63) is 66.4 Å². The standard InChI is InChI=1S/C14H17NO2/c1-2-13(5-3-4-10-16)15-14-8-6-12(11-17)7-9-14/h2-9,15-17H,1,10-11H2/b4-3+,13-5+. The van der Waals surface area contributed by atoms with Gasteiger partial charge < -0.3 is 15.5 Å². The highest BCUT2D eigenvalue weighted by atomic mass is 16.3. The molecule has 0 spiro atoms. The van der Waals surface area contributed by atoms with Crippen LogP contribution in [0.15, 0.2) is 60.8 Å². The fourth-order valence-electron chi connectivity index (χ4n) is 1.25. The van der Waals surface area contributed by atoms with Crippen molar-refractivity contribution >= 4 is 5.69 Å². The number of rotatable bonds is 6. The van der Waals surface area contributed by atoms with Gasteiger partial charge in [0.15, 0.2) is 0 Å². The Hall–Kier alpha value is -1.84. The lowest BCUT2D eigenvalue weighted by molar-refractivity contribution is 0.282. The average molecular weight is 231 g/mol. The molecule has 0 amide bonds. The molecule has 0 atom stereocenters. The number of hydrogen-bond donors (Lipinski definition) is 3. The van der Waals surface area contributed by atoms with Crippen LogP contribution < -0.4 is 5.32 Å². The summed E-state index contributed by atoms with van der Waals surface area (Å²) in [4.78, 5) is 0. The molecule has 0 heterocycles. The van der Waals surface area contributed by atoms with Crippen LogP contribution in [0.3, 0.4) is 0 Å². The molecule has 0 aliphatic rings. The fraction of sp³-hybridized carbons (Fsp3) is 0.143. The molecule has 0 aliphatic heterocycles. The molecule has 3 N–H and O–H groups in total. The van der Waals surface area contributed by atoms with E-state index in [4.69, 9.17) is 10.2 Å². The van der Waals surface area contributed by atoms with Crippen LogP contribution in [0.5, 0.6) is 0 Å². The SMILES string of the molecule is C=C/C(=C\C=C\CO)Nc1ccc(CO)cc1. The van der Waals surface area contributed by atoms with Crippen LogP contribution >= 0.6 is 0 Å². The average Bonchev–Trinajstić information content (AvgIpc) is 2.38. The van der Waals surface area contributed by atoms with Crippen LogP contribution in [0.25, 0.3) is 0 Å². The first-order chi connectivity index (χ1) is 8.30. The number of anilines is 1. The van der Waals surface area contributed by atoms with Gasteiger partial charge in [-0.25, -0.2) is 0 Å². The molecule has 0 saturated heterocycles. The first-order valence-corrected chi connectivity index (χ1v) is 5.37. The Morgan fingerprint density at radius 1 is 1.24 bits per heavy atom. The van der Waals surface area contributed by atoms with Gasteiger partial charge in [-0.1, -0.05) is 30.9 Å². The fourth-order valence-corrected chi connectivity index (χ4v) is 1.25. The first kappa shape index (κ1) is 13.2. The molecule has 90 valence electrons. The summed E-state index contributed by atoms with van der Waals surface area (Å²) in [5, 5.41) is 20.7. The van der Waals surface area contributed by atoms with E-state index in [1.165, 1.54) is 0 Å². The summed E-state index contributed by atoms with van der Waals surface area (Å²) >= 11 is 0. The molecule has 0 saturated carbocycles. The lowest BCUT2D eigenvalue weighted by Gasteiger charge is -2.07. The largest absolute Gasteiger partial charge is 0.392 e. The van der Waals surface area contributed by atoms with Gasteiger partial charge in [-0.15, -0.1) is 0 Å². The quantitative estimate of drug-likeness (QED) is 0.658. The summed E-state index contributed by atoms with van der Waals surface area (Å²) in [6.45, 7) is 3.77. The minimum Gasteiger partial charge on any atom is -0.392 e. The second-order valence-electron chi connectivity index (χ2n) is 3.42. The topological polar surface area (TPSA) is 52.5 Å². The molecule has 1 rings (SSSR count). The highest BCUT2D eigenvalue weighted by Gasteiger charge is 1.94. The second-order valence-corrected chi connectivity index (χ2v) is 3.42. The van der Waals surface area contributed by atoms with Crippen molar-refractivity contribution in [1.29, 1.82) is 0 Å². The van der Waals surface area contributed by atoms with Gasteiger partial charge in [0.05, 0.1) is 13.2 Å². The van der Waals surface area contributed by atoms with E-state index in [-0.39, 0.29) is 13.2 Å². The predicted octanol–water partition coefficient (Wildman–Crippen LogP) is 2.21. The first-order valence-electron chi connectivity index (χ1n) is 5.37. The molecular weight excluding hydrogens is 214 g/mol. The zero-order valence-electron chi connectivity index (χ0n) is 9.63. The number of hydrogen-bond acceptors (Lipinski definition) is 3. The van der Waals surface area contributed by atoms with Gasteiger partial charge in [0.25, 0.3) is 0 Å². The van der Waals surface area contributed by atoms with Crippen LogP contribution in [0.2, 0.25) is 0 Å². The maximum atomic E-state index is 8.92. The van der Waals surface area contributed by atoms with Crippen LogP contribution in [-0.4, -0.2) is 16.8 Å². The number of nitrogens with one attached hydrogen (secondary N) is 1. The van der Waals surface area contributed by atoms with Crippen molar-refractivity contribution < 1.29 is 10.2 Å². The summed E-state index contributed by atoms with van der Waals surface area (Å²) in [5.74, 6) is 0. The Bertz CT molecular complexity index is 405. The maximum Gasteiger partial charge on any atom is 0.0681 e. The molecule has 17 heavy (non-hydrogen) atoms. The Kier molecular flexibility index (Phi) is 5.79. The molecule has 0 bridgehead atoms. The Morgan fingerprint density at radius 3 is 2.47 bits per heavy atom. The van der Waals surface area contributed by atoms with Crippen molar-refractivity contribution in [2.45, 2.75) is 6.61 Å². The van der Waals surface area contributed by atoms with E-state index in [0.717, 1.165) is 16.9 Å². The third-order valence-electron chi connectivity index (χ3n) is 2.16. The van der Waals surface area contributed by atoms with E-state index in [1.807, 2.05) is 30.3 Å². The second kappa shape index (κ2) is 7.44. The molecule has 0 aliphatic carbocycles. The minimum absolute atomic E-state index is 0.0200. The van der Waals surface area contributed by atoms with Crippen molar-refractivity contribution in [3.8, 4) is 0 Å². The molecule has 1 aromatic carbocycles. The summed E-state index contributed by atoms with van der Waals surface area (Å²) in [7, 11) is 0. The Labute approximate surface area is 101 Å². The van der Waals surface area contributed by atoms with E-state index < -0.39 is 0 Å². The van der Waals surface area contributed by atoms with E-state index in [2.05, 4.69) is 11.9 Å². The molecule has 0 radical (unpaired) electrons. The van der Waals surface area contributed by atoms with Crippen LogP contribution in [0.1, 0.15) is 5.56 Å². The lowest BCUT2D eigenvalue weighted by Crippen LogP contribution is -1.96. The van der Waals surface area contributed by atoms with Gasteiger partial charge in [0.2, 0.25) is 0 Å². The summed E-state index contributed by atoms with van der Waals surface area (Å²) < 4.78 is 0. The minimum atomic E-state index is 0.0200. The van der Waals surface area contributed by atoms with E-state index >= 15 is 0 Å². The van der Waals surface area contributed by atoms with E-state index in [9.17, 15) is 0 Å². The lowest BCUT2D eigenvalue weighted by atomic mass is 10.2. The van der Waals surface area contributed by atoms with Gasteiger partial charge in [-0.2, -0.15) is 0 Å². The van der Waals surface area contributed by atoms with Crippen molar-refractivity contribution in [3.63, 3.8) is 0 Å². The monoisotopic (exact) mass is 231 g/mol. The highest BCUT2D eigenvalue weighted by molar-refractivity contribution is 5.51. The van der Waals surface area contributed by atoms with Crippen LogP contribution in [0, 0.1) is 0 Å². The summed E-state index contributed by atoms with van der Waals surface area (Å²) in [6, 6.07) is 7.48. The van der Waals surface area contributed by atoms with Gasteiger partial charge in [-0.3, -0.25) is 0 Å². The van der Waals surface area contributed by atoms with Crippen LogP contribution in [-0.2, 0) is 6.61 Å². The van der Waals surface area contributed by atoms with Gasteiger partial charge in [0, 0.05) is 11.4 Å². The van der Waals surface area contributed by atoms with E-state index in [1.54, 1.807) is 18.2 Å². The number of benzene rings is 1. The molecule has 0 aromatic heterocycles. The molecular formula is C14H17NO2. The summed E-state index contributed by atoms with van der Waals surface area (Å²) in [5.41, 5.74) is 2.64. The van der Waals surface area contributed by atoms with Crippen molar-refractivity contribution in [2.75, 3.05) is 11.9 Å². The van der Waals surface area contributed by atoms with E-state index in [0.29, 0.717) is 0 Å². The van der Waals surface area contributed by atoms with Crippen molar-refractivity contribution in [1.82, 2.24) is 0 Å². The predicted molar refractivity (Wildman–Crippen MR) is 70.5 cm³/mol. The highest BCUT2D eigenvalue weighted by Crippen LogP contribution is 2.12. The molecule has 3 heteroatoms. The zero-order valence-corrected chi connectivity index (χ0v) is 9.63. The van der Waals surface area contributed by atoms with Gasteiger partial charge in [-0.05, 0) is 29.8 Å². The van der Waals surface area contributed by atoms with Crippen LogP contribution in [0.4, 0.5) is 5.69 Å². The third-order valence-corrected chi connectivity index (χ3v) is 2.16. The zero-order chi connectivity index (χ0) is 12.5. The normalized spacial score (nSPS) is 11.8. The number of aliphatic hydroxyl groups excluding tert-OH is 2. The summed E-state index contributed by atoms with van der Waals surface area (Å²) in [6.07, 6.45) is 6.91. The smallest absolute Gasteiger partial charge is 0.0681 e. The third kappa shape index (κ3) is 4.68. The molecule has 0 unspecified atom stereocenters. The molecule has 1 aromatic rings. The molecule has 3 nitrogen and oxygen atoms in total. The molecule has 0 fully saturated rings. The Morgan fingerprint density at radius 2 is 1.94 bits per heavy atom. The number of allylic oxidation sites excluding steroid dienone is 3.